The first-order chi connectivity index (χ1) is 7.72. The van der Waals surface area contributed by atoms with Gasteiger partial charge in [0, 0.05) is 18.8 Å². The largest absolute Gasteiger partial charge is 0.372 e. The summed E-state index contributed by atoms with van der Waals surface area (Å²) in [5.74, 6) is 0. The van der Waals surface area contributed by atoms with Gasteiger partial charge in [-0.25, -0.2) is 0 Å². The molecule has 16 heavy (non-hydrogen) atoms. The van der Waals surface area contributed by atoms with Gasteiger partial charge in [0.1, 0.15) is 0 Å². The molecule has 0 saturated carbocycles. The smallest absolute Gasteiger partial charge is 0.0369 e. The van der Waals surface area contributed by atoms with Crippen LogP contribution >= 0.6 is 0 Å². The molecule has 1 fully saturated rings. The van der Waals surface area contributed by atoms with Crippen molar-refractivity contribution in [2.24, 2.45) is 0 Å². The molecule has 1 aliphatic heterocycles. The number of nitrogens with zero attached hydrogens (tertiary/aromatic N) is 1. The molecule has 0 atom stereocenters. The molecule has 1 aromatic carbocycles. The van der Waals surface area contributed by atoms with Gasteiger partial charge in [0.2, 0.25) is 0 Å². The lowest BCUT2D eigenvalue weighted by Crippen LogP contribution is -2.17. The molecule has 1 nitrogen and oxygen atoms in total. The summed E-state index contributed by atoms with van der Waals surface area (Å²) in [5, 5.41) is 0. The molecule has 0 N–H and O–H groups in total. The SMILES string of the molecule is C=C(C)c1ccc(N2CCCC2)cc1CC. The molecule has 0 bridgehead atoms. The molecule has 1 heteroatoms. The van der Waals surface area contributed by atoms with Gasteiger partial charge < -0.3 is 4.90 Å². The van der Waals surface area contributed by atoms with Crippen LogP contribution in [0.3, 0.4) is 0 Å². The van der Waals surface area contributed by atoms with Crippen LogP contribution in [0.2, 0.25) is 0 Å². The lowest BCUT2D eigenvalue weighted by atomic mass is 9.99. The van der Waals surface area contributed by atoms with Crippen LogP contribution in [0, 0.1) is 0 Å². The minimum atomic E-state index is 1.09. The zero-order chi connectivity index (χ0) is 11.5. The van der Waals surface area contributed by atoms with Crippen LogP contribution in [0.25, 0.3) is 5.57 Å². The van der Waals surface area contributed by atoms with Crippen molar-refractivity contribution in [3.8, 4) is 0 Å². The first kappa shape index (κ1) is 11.3. The van der Waals surface area contributed by atoms with Crippen LogP contribution in [0.1, 0.15) is 37.8 Å². The fourth-order valence-corrected chi connectivity index (χ4v) is 2.46. The fraction of sp³-hybridized carbons (Fsp3) is 0.467. The maximum atomic E-state index is 4.05. The van der Waals surface area contributed by atoms with Crippen LogP contribution in [-0.4, -0.2) is 13.1 Å². The highest BCUT2D eigenvalue weighted by Gasteiger charge is 2.13. The predicted molar refractivity (Wildman–Crippen MR) is 72.0 cm³/mol. The average molecular weight is 215 g/mol. The highest BCUT2D eigenvalue weighted by Crippen LogP contribution is 2.26. The Hall–Kier alpha value is -1.24. The summed E-state index contributed by atoms with van der Waals surface area (Å²) in [7, 11) is 0. The van der Waals surface area contributed by atoms with Crippen molar-refractivity contribution < 1.29 is 0 Å². The van der Waals surface area contributed by atoms with Crippen molar-refractivity contribution in [2.45, 2.75) is 33.1 Å². The third kappa shape index (κ3) is 2.13. The molecule has 1 aliphatic rings. The summed E-state index contributed by atoms with van der Waals surface area (Å²) in [6.07, 6.45) is 3.76. The minimum Gasteiger partial charge on any atom is -0.372 e. The molecule has 86 valence electrons. The van der Waals surface area contributed by atoms with Gasteiger partial charge in [0.05, 0.1) is 0 Å². The van der Waals surface area contributed by atoms with E-state index in [1.54, 1.807) is 0 Å². The maximum Gasteiger partial charge on any atom is 0.0369 e. The summed E-state index contributed by atoms with van der Waals surface area (Å²) < 4.78 is 0. The second-order valence-corrected chi connectivity index (χ2v) is 4.67. The van der Waals surface area contributed by atoms with E-state index in [-0.39, 0.29) is 0 Å². The first-order valence-electron chi connectivity index (χ1n) is 6.26. The number of rotatable bonds is 3. The Morgan fingerprint density at radius 3 is 2.56 bits per heavy atom. The summed E-state index contributed by atoms with van der Waals surface area (Å²) in [6.45, 7) is 10.8. The third-order valence-corrected chi connectivity index (χ3v) is 3.40. The van der Waals surface area contributed by atoms with E-state index in [0.717, 1.165) is 6.42 Å². The van der Waals surface area contributed by atoms with Gasteiger partial charge >= 0.3 is 0 Å². The lowest BCUT2D eigenvalue weighted by Gasteiger charge is -2.20. The van der Waals surface area contributed by atoms with Crippen molar-refractivity contribution in [3.63, 3.8) is 0 Å². The monoisotopic (exact) mass is 215 g/mol. The van der Waals surface area contributed by atoms with Gasteiger partial charge in [-0.3, -0.25) is 0 Å². The molecular weight excluding hydrogens is 194 g/mol. The quantitative estimate of drug-likeness (QED) is 0.739. The summed E-state index contributed by atoms with van der Waals surface area (Å²) in [5.41, 5.74) is 5.31. The first-order valence-corrected chi connectivity index (χ1v) is 6.26. The number of allylic oxidation sites excluding steroid dienone is 1. The highest BCUT2D eigenvalue weighted by molar-refractivity contribution is 5.67. The average Bonchev–Trinajstić information content (AvgIpc) is 2.81. The highest BCUT2D eigenvalue weighted by atomic mass is 15.1. The molecule has 2 rings (SSSR count). The van der Waals surface area contributed by atoms with E-state index in [2.05, 4.69) is 43.5 Å². The Balaban J connectivity index is 2.32. The standard InChI is InChI=1S/C15H21N/c1-4-13-11-14(16-9-5-6-10-16)7-8-15(13)12(2)3/h7-8,11H,2,4-6,9-10H2,1,3H3. The van der Waals surface area contributed by atoms with Gasteiger partial charge in [0.15, 0.2) is 0 Å². The minimum absolute atomic E-state index is 1.09. The van der Waals surface area contributed by atoms with E-state index >= 15 is 0 Å². The number of hydrogen-bond donors (Lipinski definition) is 0. The Bertz CT molecular complexity index is 386. The topological polar surface area (TPSA) is 3.24 Å². The molecule has 0 amide bonds. The lowest BCUT2D eigenvalue weighted by molar-refractivity contribution is 0.949. The van der Waals surface area contributed by atoms with Crippen molar-refractivity contribution in [3.05, 3.63) is 35.9 Å². The molecule has 0 unspecified atom stereocenters. The van der Waals surface area contributed by atoms with Gasteiger partial charge in [0.25, 0.3) is 0 Å². The summed E-state index contributed by atoms with van der Waals surface area (Å²) >= 11 is 0. The molecule has 1 aromatic rings. The van der Waals surface area contributed by atoms with Crippen molar-refractivity contribution in [2.75, 3.05) is 18.0 Å². The molecule has 0 aromatic heterocycles. The van der Waals surface area contributed by atoms with Gasteiger partial charge in [-0.15, -0.1) is 0 Å². The molecule has 0 radical (unpaired) electrons. The van der Waals surface area contributed by atoms with Crippen LogP contribution in [0.5, 0.6) is 0 Å². The molecule has 1 saturated heterocycles. The van der Waals surface area contributed by atoms with E-state index in [0.29, 0.717) is 0 Å². The third-order valence-electron chi connectivity index (χ3n) is 3.40. The predicted octanol–water partition coefficient (Wildman–Crippen LogP) is 3.88. The molecule has 0 aliphatic carbocycles. The van der Waals surface area contributed by atoms with E-state index in [1.807, 2.05) is 0 Å². The molecule has 1 heterocycles. The molecule has 0 spiro atoms. The second-order valence-electron chi connectivity index (χ2n) is 4.67. The van der Waals surface area contributed by atoms with Gasteiger partial charge in [-0.2, -0.15) is 0 Å². The number of benzene rings is 1. The van der Waals surface area contributed by atoms with E-state index < -0.39 is 0 Å². The van der Waals surface area contributed by atoms with Gasteiger partial charge in [-0.05, 0) is 49.4 Å². The number of aryl methyl sites for hydroxylation is 1. The zero-order valence-electron chi connectivity index (χ0n) is 10.4. The number of anilines is 1. The van der Waals surface area contributed by atoms with E-state index in [1.165, 1.54) is 48.3 Å². The normalized spacial score (nSPS) is 15.5. The Kier molecular flexibility index (Phi) is 3.33. The maximum absolute atomic E-state index is 4.05. The van der Waals surface area contributed by atoms with Gasteiger partial charge in [-0.1, -0.05) is 25.1 Å². The Morgan fingerprint density at radius 1 is 1.31 bits per heavy atom. The zero-order valence-corrected chi connectivity index (χ0v) is 10.4. The fourth-order valence-electron chi connectivity index (χ4n) is 2.46. The van der Waals surface area contributed by atoms with E-state index in [9.17, 15) is 0 Å². The molecular formula is C15H21N. The van der Waals surface area contributed by atoms with Crippen LogP contribution < -0.4 is 4.90 Å². The van der Waals surface area contributed by atoms with Crippen LogP contribution in [-0.2, 0) is 6.42 Å². The van der Waals surface area contributed by atoms with Crippen molar-refractivity contribution in [1.29, 1.82) is 0 Å². The summed E-state index contributed by atoms with van der Waals surface area (Å²) in [4.78, 5) is 2.49. The Morgan fingerprint density at radius 2 is 2.00 bits per heavy atom. The van der Waals surface area contributed by atoms with Crippen LogP contribution in [0.15, 0.2) is 24.8 Å². The Labute approximate surface area is 98.8 Å². The van der Waals surface area contributed by atoms with Crippen molar-refractivity contribution >= 4 is 11.3 Å². The second kappa shape index (κ2) is 4.73. The summed E-state index contributed by atoms with van der Waals surface area (Å²) in [6, 6.07) is 6.82. The number of hydrogen-bond acceptors (Lipinski definition) is 1. The van der Waals surface area contributed by atoms with Crippen molar-refractivity contribution in [1.82, 2.24) is 0 Å². The van der Waals surface area contributed by atoms with Crippen LogP contribution in [0.4, 0.5) is 5.69 Å². The van der Waals surface area contributed by atoms with E-state index in [4.69, 9.17) is 0 Å².